The molecule has 2 fully saturated rings. The van der Waals surface area contributed by atoms with Crippen LogP contribution in [0.25, 0.3) is 0 Å². The Kier molecular flexibility index (Phi) is 7.19. The van der Waals surface area contributed by atoms with Crippen LogP contribution in [0.1, 0.15) is 51.6 Å². The maximum absolute atomic E-state index is 13.4. The Morgan fingerprint density at radius 1 is 0.886 bits per heavy atom. The van der Waals surface area contributed by atoms with E-state index in [0.717, 1.165) is 18.4 Å². The van der Waals surface area contributed by atoms with E-state index < -0.39 is 10.0 Å². The average molecular weight is 500 g/mol. The number of sulfonamides is 1. The third-order valence-corrected chi connectivity index (χ3v) is 9.24. The molecule has 8 nitrogen and oxygen atoms in total. The molecule has 2 aromatic carbocycles. The molecule has 0 aromatic heterocycles. The topological polar surface area (TPSA) is 98.2 Å². The number of amides is 2. The summed E-state index contributed by atoms with van der Waals surface area (Å²) in [6.07, 6.45) is 1.67. The van der Waals surface area contributed by atoms with Crippen molar-refractivity contribution >= 4 is 21.8 Å². The van der Waals surface area contributed by atoms with Gasteiger partial charge in [-0.1, -0.05) is 19.1 Å². The van der Waals surface area contributed by atoms with Crippen LogP contribution in [0.15, 0.2) is 41.3 Å². The quantitative estimate of drug-likeness (QED) is 0.697. The van der Waals surface area contributed by atoms with Crippen molar-refractivity contribution in [3.8, 4) is 5.75 Å². The number of para-hydroxylation sites is 1. The SMILES string of the molecule is Cc1cc(C(=O)N2CCN(C(=O)c3ccccc3O)CC2)cc(S(=O)(=O)N2CCC(C)CC2)c1C. The van der Waals surface area contributed by atoms with Gasteiger partial charge in [-0.15, -0.1) is 0 Å². The fraction of sp³-hybridized carbons (Fsp3) is 0.462. The van der Waals surface area contributed by atoms with Crippen LogP contribution in [0, 0.1) is 19.8 Å². The van der Waals surface area contributed by atoms with Crippen molar-refractivity contribution in [2.24, 2.45) is 5.92 Å². The van der Waals surface area contributed by atoms with E-state index in [1.54, 1.807) is 41.0 Å². The van der Waals surface area contributed by atoms with Gasteiger partial charge in [0, 0.05) is 44.8 Å². The lowest BCUT2D eigenvalue weighted by molar-refractivity contribution is 0.0533. The smallest absolute Gasteiger partial charge is 0.257 e. The van der Waals surface area contributed by atoms with Crippen LogP contribution < -0.4 is 0 Å². The molecule has 0 unspecified atom stereocenters. The zero-order valence-corrected chi connectivity index (χ0v) is 21.3. The fourth-order valence-electron chi connectivity index (χ4n) is 4.70. The Bertz CT molecular complexity index is 1230. The fourth-order valence-corrected chi connectivity index (χ4v) is 6.50. The van der Waals surface area contributed by atoms with Crippen molar-refractivity contribution in [2.75, 3.05) is 39.3 Å². The lowest BCUT2D eigenvalue weighted by Crippen LogP contribution is -2.50. The van der Waals surface area contributed by atoms with Gasteiger partial charge in [0.15, 0.2) is 0 Å². The third kappa shape index (κ3) is 5.06. The summed E-state index contributed by atoms with van der Waals surface area (Å²) in [6, 6.07) is 9.67. The molecule has 2 amide bonds. The van der Waals surface area contributed by atoms with E-state index in [9.17, 15) is 23.1 Å². The molecule has 188 valence electrons. The van der Waals surface area contributed by atoms with Gasteiger partial charge in [-0.05, 0) is 68.0 Å². The predicted molar refractivity (Wildman–Crippen MR) is 133 cm³/mol. The van der Waals surface area contributed by atoms with Crippen molar-refractivity contribution in [2.45, 2.75) is 38.5 Å². The summed E-state index contributed by atoms with van der Waals surface area (Å²) in [6.45, 7) is 8.06. The summed E-state index contributed by atoms with van der Waals surface area (Å²) in [7, 11) is -3.69. The van der Waals surface area contributed by atoms with Crippen LogP contribution in [-0.2, 0) is 10.0 Å². The van der Waals surface area contributed by atoms with Crippen molar-refractivity contribution in [3.05, 3.63) is 58.7 Å². The number of aromatic hydroxyl groups is 1. The van der Waals surface area contributed by atoms with Gasteiger partial charge in [0.25, 0.3) is 11.8 Å². The van der Waals surface area contributed by atoms with Crippen molar-refractivity contribution in [1.82, 2.24) is 14.1 Å². The van der Waals surface area contributed by atoms with Crippen LogP contribution >= 0.6 is 0 Å². The Hall–Kier alpha value is -2.91. The van der Waals surface area contributed by atoms with E-state index in [1.165, 1.54) is 16.4 Å². The number of carbonyl (C=O) groups excluding carboxylic acids is 2. The number of nitrogens with zero attached hydrogens (tertiary/aromatic N) is 3. The van der Waals surface area contributed by atoms with Gasteiger partial charge in [-0.2, -0.15) is 4.31 Å². The van der Waals surface area contributed by atoms with Gasteiger partial charge in [0.2, 0.25) is 10.0 Å². The summed E-state index contributed by atoms with van der Waals surface area (Å²) < 4.78 is 28.4. The summed E-state index contributed by atoms with van der Waals surface area (Å²) in [4.78, 5) is 29.6. The minimum atomic E-state index is -3.69. The van der Waals surface area contributed by atoms with Crippen molar-refractivity contribution in [3.63, 3.8) is 0 Å². The number of hydrogen-bond acceptors (Lipinski definition) is 5. The molecule has 35 heavy (non-hydrogen) atoms. The van der Waals surface area contributed by atoms with Crippen LogP contribution in [0.5, 0.6) is 5.75 Å². The summed E-state index contributed by atoms with van der Waals surface area (Å²) in [5, 5.41) is 9.98. The minimum absolute atomic E-state index is 0.0666. The second-order valence-electron chi connectivity index (χ2n) is 9.60. The van der Waals surface area contributed by atoms with Crippen LogP contribution in [0.4, 0.5) is 0 Å². The highest BCUT2D eigenvalue weighted by Gasteiger charge is 2.32. The molecule has 1 N–H and O–H groups in total. The number of piperidine rings is 1. The first kappa shape index (κ1) is 25.2. The van der Waals surface area contributed by atoms with Crippen LogP contribution in [0.2, 0.25) is 0 Å². The number of benzene rings is 2. The molecule has 2 heterocycles. The molecule has 0 spiro atoms. The van der Waals surface area contributed by atoms with E-state index in [2.05, 4.69) is 6.92 Å². The lowest BCUT2D eigenvalue weighted by Gasteiger charge is -2.35. The monoisotopic (exact) mass is 499 g/mol. The Morgan fingerprint density at radius 2 is 1.46 bits per heavy atom. The van der Waals surface area contributed by atoms with E-state index in [-0.39, 0.29) is 28.0 Å². The number of aryl methyl sites for hydroxylation is 1. The van der Waals surface area contributed by atoms with E-state index in [0.29, 0.717) is 56.3 Å². The molecular formula is C26H33N3O5S. The van der Waals surface area contributed by atoms with E-state index >= 15 is 0 Å². The predicted octanol–water partition coefficient (Wildman–Crippen LogP) is 3.03. The van der Waals surface area contributed by atoms with Crippen LogP contribution in [-0.4, -0.2) is 78.7 Å². The molecule has 0 atom stereocenters. The maximum Gasteiger partial charge on any atom is 0.257 e. The van der Waals surface area contributed by atoms with Crippen LogP contribution in [0.3, 0.4) is 0 Å². The number of phenols is 1. The number of piperazine rings is 1. The molecule has 2 aliphatic heterocycles. The van der Waals surface area contributed by atoms with Gasteiger partial charge in [0.1, 0.15) is 5.75 Å². The summed E-state index contributed by atoms with van der Waals surface area (Å²) >= 11 is 0. The second-order valence-corrected chi connectivity index (χ2v) is 11.5. The molecule has 0 radical (unpaired) electrons. The molecule has 9 heteroatoms. The van der Waals surface area contributed by atoms with Crippen molar-refractivity contribution < 1.29 is 23.1 Å². The summed E-state index contributed by atoms with van der Waals surface area (Å²) in [5.41, 5.74) is 2.01. The first-order valence-electron chi connectivity index (χ1n) is 12.1. The highest BCUT2D eigenvalue weighted by Crippen LogP contribution is 2.28. The Balaban J connectivity index is 1.50. The second kappa shape index (κ2) is 9.99. The molecular weight excluding hydrogens is 466 g/mol. The third-order valence-electron chi connectivity index (χ3n) is 7.22. The Morgan fingerprint density at radius 3 is 2.06 bits per heavy atom. The molecule has 4 rings (SSSR count). The first-order valence-corrected chi connectivity index (χ1v) is 13.5. The highest BCUT2D eigenvalue weighted by molar-refractivity contribution is 7.89. The maximum atomic E-state index is 13.4. The standard InChI is InChI=1S/C26H33N3O5S/c1-18-8-10-29(11-9-18)35(33,34)24-17-21(16-19(2)20(24)3)25(31)27-12-14-28(15-13-27)26(32)22-6-4-5-7-23(22)30/h4-7,16-18,30H,8-15H2,1-3H3. The average Bonchev–Trinajstić information content (AvgIpc) is 2.85. The zero-order chi connectivity index (χ0) is 25.3. The first-order chi connectivity index (χ1) is 16.6. The molecule has 0 bridgehead atoms. The van der Waals surface area contributed by atoms with Gasteiger partial charge in [0.05, 0.1) is 10.5 Å². The van der Waals surface area contributed by atoms with E-state index in [1.807, 2.05) is 6.92 Å². The van der Waals surface area contributed by atoms with E-state index in [4.69, 9.17) is 0 Å². The molecule has 2 aliphatic rings. The molecule has 0 saturated carbocycles. The molecule has 0 aliphatic carbocycles. The summed E-state index contributed by atoms with van der Waals surface area (Å²) in [5.74, 6) is -0.0753. The molecule has 2 aromatic rings. The van der Waals surface area contributed by atoms with Gasteiger partial charge < -0.3 is 14.9 Å². The zero-order valence-electron chi connectivity index (χ0n) is 20.5. The molecule has 2 saturated heterocycles. The van der Waals surface area contributed by atoms with Gasteiger partial charge in [-0.3, -0.25) is 9.59 Å². The minimum Gasteiger partial charge on any atom is -0.507 e. The van der Waals surface area contributed by atoms with Crippen molar-refractivity contribution in [1.29, 1.82) is 0 Å². The highest BCUT2D eigenvalue weighted by atomic mass is 32.2. The lowest BCUT2D eigenvalue weighted by atomic mass is 10.0. The number of phenolic OH excluding ortho intramolecular Hbond substituents is 1. The number of rotatable bonds is 4. The van der Waals surface area contributed by atoms with Gasteiger partial charge in [-0.25, -0.2) is 8.42 Å². The van der Waals surface area contributed by atoms with Gasteiger partial charge >= 0.3 is 0 Å². The largest absolute Gasteiger partial charge is 0.507 e. The number of hydrogen-bond donors (Lipinski definition) is 1. The Labute approximate surface area is 207 Å². The normalized spacial score (nSPS) is 18.0. The number of carbonyl (C=O) groups is 2.